The molecule has 5 rings (SSSR count). The molecule has 1 N–H and O–H groups in total. The van der Waals surface area contributed by atoms with E-state index in [1.807, 2.05) is 121 Å². The molecule has 0 bridgehead atoms. The standard InChI is InChI=1S/C35H38O6/c1-37-31-30(36)32(38-22-26-14-6-2-7-15-26)34(40-24-28-18-10-4-11-19-28)35(41-25-29-20-12-5-13-21-29)33(31)39-23-27-16-8-3-9-17-27/h2-21,30-36H,22-25H2,1H3/t30-,31+,32+,33+,34-,35-/m1/s1. The maximum absolute atomic E-state index is 11.7. The molecule has 1 aliphatic rings. The normalized spacial score (nSPS) is 24.2. The number of aliphatic hydroxyl groups is 1. The van der Waals surface area contributed by atoms with E-state index in [9.17, 15) is 5.11 Å². The Labute approximate surface area is 242 Å². The monoisotopic (exact) mass is 554 g/mol. The average molecular weight is 555 g/mol. The van der Waals surface area contributed by atoms with Crippen LogP contribution in [0.5, 0.6) is 0 Å². The Morgan fingerprint density at radius 1 is 0.415 bits per heavy atom. The van der Waals surface area contributed by atoms with Gasteiger partial charge in [0.25, 0.3) is 0 Å². The van der Waals surface area contributed by atoms with Crippen LogP contribution in [0, 0.1) is 0 Å². The van der Waals surface area contributed by atoms with Crippen molar-refractivity contribution in [3.8, 4) is 0 Å². The molecule has 0 radical (unpaired) electrons. The van der Waals surface area contributed by atoms with E-state index in [0.29, 0.717) is 26.4 Å². The fourth-order valence-electron chi connectivity index (χ4n) is 5.24. The summed E-state index contributed by atoms with van der Waals surface area (Å²) in [6, 6.07) is 39.8. The molecule has 0 unspecified atom stereocenters. The number of ether oxygens (including phenoxy) is 5. The van der Waals surface area contributed by atoms with E-state index < -0.39 is 36.6 Å². The summed E-state index contributed by atoms with van der Waals surface area (Å²) in [6.07, 6.45) is -4.27. The smallest absolute Gasteiger partial charge is 0.116 e. The zero-order valence-electron chi connectivity index (χ0n) is 23.3. The van der Waals surface area contributed by atoms with E-state index in [1.165, 1.54) is 0 Å². The quantitative estimate of drug-likeness (QED) is 0.228. The first-order valence-corrected chi connectivity index (χ1v) is 14.1. The molecule has 4 aromatic carbocycles. The zero-order valence-corrected chi connectivity index (χ0v) is 23.3. The highest BCUT2D eigenvalue weighted by atomic mass is 16.6. The van der Waals surface area contributed by atoms with E-state index >= 15 is 0 Å². The third-order valence-electron chi connectivity index (χ3n) is 7.38. The first-order valence-electron chi connectivity index (χ1n) is 14.1. The van der Waals surface area contributed by atoms with Gasteiger partial charge in [-0.25, -0.2) is 0 Å². The van der Waals surface area contributed by atoms with Crippen LogP contribution in [0.25, 0.3) is 0 Å². The minimum Gasteiger partial charge on any atom is -0.387 e. The summed E-state index contributed by atoms with van der Waals surface area (Å²) < 4.78 is 32.0. The van der Waals surface area contributed by atoms with Gasteiger partial charge in [-0.05, 0) is 22.3 Å². The summed E-state index contributed by atoms with van der Waals surface area (Å²) in [5.41, 5.74) is 4.06. The van der Waals surface area contributed by atoms with Crippen molar-refractivity contribution in [2.45, 2.75) is 63.1 Å². The molecule has 0 amide bonds. The van der Waals surface area contributed by atoms with Gasteiger partial charge in [0.15, 0.2) is 0 Å². The molecular weight excluding hydrogens is 516 g/mol. The molecule has 0 aromatic heterocycles. The molecule has 6 nitrogen and oxygen atoms in total. The van der Waals surface area contributed by atoms with Crippen molar-refractivity contribution in [2.24, 2.45) is 0 Å². The molecule has 6 heteroatoms. The number of hydrogen-bond donors (Lipinski definition) is 1. The largest absolute Gasteiger partial charge is 0.387 e. The molecule has 0 aliphatic heterocycles. The van der Waals surface area contributed by atoms with Gasteiger partial charge in [-0.1, -0.05) is 121 Å². The Hall–Kier alpha value is -3.36. The predicted octanol–water partition coefficient (Wildman–Crippen LogP) is 5.72. The molecule has 0 spiro atoms. The lowest BCUT2D eigenvalue weighted by atomic mass is 9.83. The molecule has 1 aliphatic carbocycles. The van der Waals surface area contributed by atoms with Gasteiger partial charge >= 0.3 is 0 Å². The van der Waals surface area contributed by atoms with Crippen LogP contribution in [-0.4, -0.2) is 48.8 Å². The second-order valence-electron chi connectivity index (χ2n) is 10.2. The van der Waals surface area contributed by atoms with Gasteiger partial charge in [0.1, 0.15) is 36.6 Å². The second kappa shape index (κ2) is 15.0. The zero-order chi connectivity index (χ0) is 28.3. The Morgan fingerprint density at radius 3 is 1.00 bits per heavy atom. The van der Waals surface area contributed by atoms with Crippen LogP contribution >= 0.6 is 0 Å². The van der Waals surface area contributed by atoms with E-state index in [0.717, 1.165) is 22.3 Å². The van der Waals surface area contributed by atoms with Crippen LogP contribution in [0.4, 0.5) is 0 Å². The SMILES string of the molecule is CO[C@H]1[C@@H](O)[C@H](OCc2ccccc2)[C@@H](OCc2ccccc2)[C@H](OCc2ccccc2)[C@H]1OCc1ccccc1. The van der Waals surface area contributed by atoms with Crippen LogP contribution in [0.1, 0.15) is 22.3 Å². The molecule has 214 valence electrons. The lowest BCUT2D eigenvalue weighted by Gasteiger charge is -2.48. The molecule has 41 heavy (non-hydrogen) atoms. The van der Waals surface area contributed by atoms with Crippen molar-refractivity contribution in [1.82, 2.24) is 0 Å². The highest BCUT2D eigenvalue weighted by Crippen LogP contribution is 2.34. The third kappa shape index (κ3) is 7.89. The van der Waals surface area contributed by atoms with Crippen LogP contribution < -0.4 is 0 Å². The Bertz CT molecular complexity index is 1270. The van der Waals surface area contributed by atoms with Crippen LogP contribution in [-0.2, 0) is 50.1 Å². The fourth-order valence-corrected chi connectivity index (χ4v) is 5.24. The van der Waals surface area contributed by atoms with E-state index in [4.69, 9.17) is 23.7 Å². The van der Waals surface area contributed by atoms with Gasteiger partial charge in [0, 0.05) is 7.11 Å². The maximum atomic E-state index is 11.7. The first kappa shape index (κ1) is 29.1. The van der Waals surface area contributed by atoms with Gasteiger partial charge in [0.2, 0.25) is 0 Å². The number of aliphatic hydroxyl groups excluding tert-OH is 1. The molecular formula is C35H38O6. The molecule has 6 atom stereocenters. The Kier molecular flexibility index (Phi) is 10.7. The Morgan fingerprint density at radius 2 is 0.683 bits per heavy atom. The van der Waals surface area contributed by atoms with Gasteiger partial charge < -0.3 is 28.8 Å². The maximum Gasteiger partial charge on any atom is 0.116 e. The summed E-state index contributed by atoms with van der Waals surface area (Å²) in [6.45, 7) is 1.33. The van der Waals surface area contributed by atoms with Crippen molar-refractivity contribution >= 4 is 0 Å². The average Bonchev–Trinajstić information content (AvgIpc) is 3.03. The van der Waals surface area contributed by atoms with Crippen molar-refractivity contribution in [3.63, 3.8) is 0 Å². The number of benzene rings is 4. The number of rotatable bonds is 13. The first-order chi connectivity index (χ1) is 20.2. The van der Waals surface area contributed by atoms with Crippen molar-refractivity contribution in [1.29, 1.82) is 0 Å². The molecule has 1 fully saturated rings. The van der Waals surface area contributed by atoms with Crippen molar-refractivity contribution in [2.75, 3.05) is 7.11 Å². The summed E-state index contributed by atoms with van der Waals surface area (Å²) >= 11 is 0. The van der Waals surface area contributed by atoms with Gasteiger partial charge in [-0.15, -0.1) is 0 Å². The third-order valence-corrected chi connectivity index (χ3v) is 7.38. The van der Waals surface area contributed by atoms with Gasteiger partial charge in [0.05, 0.1) is 26.4 Å². The topological polar surface area (TPSA) is 66.4 Å². The van der Waals surface area contributed by atoms with Crippen LogP contribution in [0.2, 0.25) is 0 Å². The summed E-state index contributed by atoms with van der Waals surface area (Å²) in [5.74, 6) is 0. The summed E-state index contributed by atoms with van der Waals surface area (Å²) in [7, 11) is 1.58. The van der Waals surface area contributed by atoms with E-state index in [2.05, 4.69) is 0 Å². The summed E-state index contributed by atoms with van der Waals surface area (Å²) in [5, 5.41) is 11.7. The predicted molar refractivity (Wildman–Crippen MR) is 157 cm³/mol. The van der Waals surface area contributed by atoms with E-state index in [-0.39, 0.29) is 0 Å². The Balaban J connectivity index is 1.45. The number of methoxy groups -OCH3 is 1. The molecule has 0 heterocycles. The minimum absolute atomic E-state index is 0.311. The lowest BCUT2D eigenvalue weighted by molar-refractivity contribution is -0.277. The lowest BCUT2D eigenvalue weighted by Crippen LogP contribution is -2.66. The van der Waals surface area contributed by atoms with Crippen molar-refractivity contribution in [3.05, 3.63) is 144 Å². The molecule has 1 saturated carbocycles. The van der Waals surface area contributed by atoms with E-state index in [1.54, 1.807) is 7.11 Å². The second-order valence-corrected chi connectivity index (χ2v) is 10.2. The number of hydrogen-bond acceptors (Lipinski definition) is 6. The van der Waals surface area contributed by atoms with Crippen molar-refractivity contribution < 1.29 is 28.8 Å². The van der Waals surface area contributed by atoms with Gasteiger partial charge in [-0.2, -0.15) is 0 Å². The van der Waals surface area contributed by atoms with Gasteiger partial charge in [-0.3, -0.25) is 0 Å². The fraction of sp³-hybridized carbons (Fsp3) is 0.314. The van der Waals surface area contributed by atoms with Crippen LogP contribution in [0.15, 0.2) is 121 Å². The molecule has 0 saturated heterocycles. The highest BCUT2D eigenvalue weighted by molar-refractivity contribution is 5.17. The highest BCUT2D eigenvalue weighted by Gasteiger charge is 2.53. The van der Waals surface area contributed by atoms with Crippen LogP contribution in [0.3, 0.4) is 0 Å². The minimum atomic E-state index is -1.01. The molecule has 4 aromatic rings. The summed E-state index contributed by atoms with van der Waals surface area (Å²) in [4.78, 5) is 0.